The highest BCUT2D eigenvalue weighted by Gasteiger charge is 2.43. The van der Waals surface area contributed by atoms with Crippen LogP contribution in [0.1, 0.15) is 28.8 Å². The Balaban J connectivity index is 1.57. The van der Waals surface area contributed by atoms with Crippen LogP contribution in [0.3, 0.4) is 0 Å². The summed E-state index contributed by atoms with van der Waals surface area (Å²) >= 11 is 0. The van der Waals surface area contributed by atoms with Crippen molar-refractivity contribution in [2.24, 2.45) is 5.41 Å². The van der Waals surface area contributed by atoms with Gasteiger partial charge in [-0.2, -0.15) is 0 Å². The Hall–Kier alpha value is -4.73. The molecule has 5 rings (SSSR count). The normalized spacial score (nSPS) is 13.6. The molecule has 206 valence electrons. The van der Waals surface area contributed by atoms with Gasteiger partial charge < -0.3 is 25.6 Å². The van der Waals surface area contributed by atoms with Crippen molar-refractivity contribution >= 4 is 34.3 Å². The quantitative estimate of drug-likeness (QED) is 0.223. The largest absolute Gasteiger partial charge is 0.496 e. The van der Waals surface area contributed by atoms with Gasteiger partial charge >= 0.3 is 0 Å². The first-order valence-corrected chi connectivity index (χ1v) is 12.6. The highest BCUT2D eigenvalue weighted by molar-refractivity contribution is 6.08. The molecule has 0 radical (unpaired) electrons. The van der Waals surface area contributed by atoms with Crippen molar-refractivity contribution in [3.05, 3.63) is 72.1 Å². The van der Waals surface area contributed by atoms with Crippen LogP contribution in [0.4, 0.5) is 20.3 Å². The minimum absolute atomic E-state index is 0.191. The molecule has 4 N–H and O–H groups in total. The van der Waals surface area contributed by atoms with Gasteiger partial charge in [0.1, 0.15) is 5.75 Å². The summed E-state index contributed by atoms with van der Waals surface area (Å²) in [6.45, 7) is 4.68. The van der Waals surface area contributed by atoms with Crippen molar-refractivity contribution < 1.29 is 27.6 Å². The zero-order valence-corrected chi connectivity index (χ0v) is 22.1. The fraction of sp³-hybridized carbons (Fsp3) is 0.233. The number of nitrogens with two attached hydrogens (primary N) is 1. The van der Waals surface area contributed by atoms with Gasteiger partial charge in [-0.3, -0.25) is 14.0 Å². The number of rotatable bonds is 9. The second-order valence-electron chi connectivity index (χ2n) is 10.0. The number of nitrogen functional groups attached to an aromatic ring is 1. The highest BCUT2D eigenvalue weighted by atomic mass is 19.1. The molecule has 1 aliphatic rings. The number of carbonyl (C=O) groups excluding carboxylic acids is 2. The standard InChI is InChI=1S/C30H28F2N4O4/c1-16-12-19(35-28(37)17(2)32)5-7-20(16)21-8-9-23-26(27(33)36-40-23)25(21)18-4-6-22(24(13-18)39-3)29(38)34-15-30(14-31)10-11-30/h4-9,12-13H,2,10-11,14-15H2,1,3H3,(H2,33,36)(H,34,38)(H,35,37). The molecule has 1 aromatic heterocycles. The summed E-state index contributed by atoms with van der Waals surface area (Å²) in [7, 11) is 1.47. The van der Waals surface area contributed by atoms with Crippen molar-refractivity contribution in [3.8, 4) is 28.0 Å². The molecule has 2 amide bonds. The topological polar surface area (TPSA) is 119 Å². The van der Waals surface area contributed by atoms with Crippen molar-refractivity contribution in [3.63, 3.8) is 0 Å². The molecule has 8 nitrogen and oxygen atoms in total. The number of ether oxygens (including phenoxy) is 1. The number of aryl methyl sites for hydroxylation is 1. The predicted octanol–water partition coefficient (Wildman–Crippen LogP) is 5.96. The van der Waals surface area contributed by atoms with Crippen LogP contribution in [0, 0.1) is 12.3 Å². The fourth-order valence-corrected chi connectivity index (χ4v) is 4.76. The fourth-order valence-electron chi connectivity index (χ4n) is 4.76. The molecular formula is C30H28F2N4O4. The van der Waals surface area contributed by atoms with E-state index in [0.29, 0.717) is 39.1 Å². The van der Waals surface area contributed by atoms with Gasteiger partial charge in [-0.05, 0) is 78.4 Å². The molecule has 0 spiro atoms. The zero-order valence-electron chi connectivity index (χ0n) is 22.1. The monoisotopic (exact) mass is 546 g/mol. The number of amides is 2. The van der Waals surface area contributed by atoms with E-state index in [9.17, 15) is 18.4 Å². The molecule has 4 aromatic rings. The van der Waals surface area contributed by atoms with E-state index in [1.165, 1.54) is 7.11 Å². The number of anilines is 2. The third-order valence-corrected chi connectivity index (χ3v) is 7.29. The van der Waals surface area contributed by atoms with Crippen LogP contribution in [0.15, 0.2) is 65.5 Å². The number of aromatic nitrogens is 1. The first-order valence-electron chi connectivity index (χ1n) is 12.6. The lowest BCUT2D eigenvalue weighted by Gasteiger charge is -2.17. The van der Waals surface area contributed by atoms with Crippen LogP contribution in [0.25, 0.3) is 33.2 Å². The summed E-state index contributed by atoms with van der Waals surface area (Å²) in [5.41, 5.74) is 10.8. The molecule has 40 heavy (non-hydrogen) atoms. The molecule has 1 saturated carbocycles. The summed E-state index contributed by atoms with van der Waals surface area (Å²) in [6, 6.07) is 14.0. The van der Waals surface area contributed by atoms with Crippen LogP contribution in [-0.4, -0.2) is 37.3 Å². The van der Waals surface area contributed by atoms with Crippen LogP contribution < -0.4 is 21.1 Å². The Labute approximate surface area is 229 Å². The van der Waals surface area contributed by atoms with E-state index >= 15 is 0 Å². The highest BCUT2D eigenvalue weighted by Crippen LogP contribution is 2.46. The van der Waals surface area contributed by atoms with E-state index in [1.807, 2.05) is 13.0 Å². The minimum atomic E-state index is -1.09. The summed E-state index contributed by atoms with van der Waals surface area (Å²) in [5.74, 6) is -1.83. The number of hydrogen-bond acceptors (Lipinski definition) is 6. The van der Waals surface area contributed by atoms with E-state index in [0.717, 1.165) is 29.5 Å². The van der Waals surface area contributed by atoms with E-state index in [2.05, 4.69) is 22.4 Å². The van der Waals surface area contributed by atoms with Crippen molar-refractivity contribution in [2.75, 3.05) is 31.4 Å². The number of nitrogens with zero attached hydrogens (tertiary/aromatic N) is 1. The lowest BCUT2D eigenvalue weighted by atomic mass is 9.89. The Kier molecular flexibility index (Phi) is 7.01. The van der Waals surface area contributed by atoms with Crippen molar-refractivity contribution in [2.45, 2.75) is 19.8 Å². The van der Waals surface area contributed by atoms with Crippen LogP contribution >= 0.6 is 0 Å². The van der Waals surface area contributed by atoms with Crippen LogP contribution in [0.2, 0.25) is 0 Å². The first kappa shape index (κ1) is 26.9. The van der Waals surface area contributed by atoms with Crippen molar-refractivity contribution in [1.82, 2.24) is 10.5 Å². The van der Waals surface area contributed by atoms with Gasteiger partial charge in [0, 0.05) is 23.2 Å². The number of halogens is 2. The van der Waals surface area contributed by atoms with Gasteiger partial charge in [0.15, 0.2) is 17.2 Å². The van der Waals surface area contributed by atoms with Gasteiger partial charge in [0.05, 0.1) is 24.7 Å². The molecule has 0 unspecified atom stereocenters. The molecule has 1 heterocycles. The molecule has 0 saturated heterocycles. The number of benzene rings is 3. The van der Waals surface area contributed by atoms with Gasteiger partial charge in [0.2, 0.25) is 0 Å². The number of hydrogen-bond donors (Lipinski definition) is 3. The maximum atomic E-state index is 13.3. The SMILES string of the molecule is C=C(F)C(=O)Nc1ccc(-c2ccc3onc(N)c3c2-c2ccc(C(=O)NCC3(CF)CC3)c(OC)c2)c(C)c1. The zero-order chi connectivity index (χ0) is 28.6. The summed E-state index contributed by atoms with van der Waals surface area (Å²) in [6.07, 6.45) is 1.51. The predicted molar refractivity (Wildman–Crippen MR) is 149 cm³/mol. The lowest BCUT2D eigenvalue weighted by molar-refractivity contribution is -0.114. The number of carbonyl (C=O) groups is 2. The second kappa shape index (κ2) is 10.4. The summed E-state index contributed by atoms with van der Waals surface area (Å²) < 4.78 is 37.5. The minimum Gasteiger partial charge on any atom is -0.496 e. The Bertz CT molecular complexity index is 1660. The smallest absolute Gasteiger partial charge is 0.283 e. The van der Waals surface area contributed by atoms with Crippen LogP contribution in [-0.2, 0) is 4.79 Å². The number of nitrogens with one attached hydrogen (secondary N) is 2. The third kappa shape index (κ3) is 5.00. The molecule has 0 aliphatic heterocycles. The number of fused-ring (bicyclic) bond motifs is 1. The van der Waals surface area contributed by atoms with Gasteiger partial charge in [-0.15, -0.1) is 0 Å². The van der Waals surface area contributed by atoms with E-state index in [4.69, 9.17) is 15.0 Å². The van der Waals surface area contributed by atoms with Gasteiger partial charge in [0.25, 0.3) is 11.8 Å². The maximum Gasteiger partial charge on any atom is 0.283 e. The maximum absolute atomic E-state index is 13.3. The lowest BCUT2D eigenvalue weighted by Crippen LogP contribution is -2.31. The Morgan fingerprint density at radius 1 is 1.15 bits per heavy atom. The molecule has 1 aliphatic carbocycles. The Morgan fingerprint density at radius 3 is 2.55 bits per heavy atom. The average Bonchev–Trinajstić information content (AvgIpc) is 3.65. The first-order chi connectivity index (χ1) is 19.2. The average molecular weight is 547 g/mol. The van der Waals surface area contributed by atoms with E-state index in [-0.39, 0.29) is 18.3 Å². The van der Waals surface area contributed by atoms with Crippen molar-refractivity contribution in [1.29, 1.82) is 0 Å². The van der Waals surface area contributed by atoms with E-state index in [1.54, 1.807) is 42.5 Å². The molecule has 0 bridgehead atoms. The van der Waals surface area contributed by atoms with Gasteiger partial charge in [-0.1, -0.05) is 23.9 Å². The van der Waals surface area contributed by atoms with Crippen LogP contribution in [0.5, 0.6) is 5.75 Å². The molecule has 3 aromatic carbocycles. The number of methoxy groups -OCH3 is 1. The Morgan fingerprint density at radius 2 is 1.90 bits per heavy atom. The second-order valence-corrected chi connectivity index (χ2v) is 10.0. The molecule has 1 fully saturated rings. The summed E-state index contributed by atoms with van der Waals surface area (Å²) in [4.78, 5) is 24.7. The molecule has 10 heteroatoms. The van der Waals surface area contributed by atoms with Gasteiger partial charge in [-0.25, -0.2) is 4.39 Å². The van der Waals surface area contributed by atoms with E-state index < -0.39 is 23.8 Å². The molecule has 0 atom stereocenters. The summed E-state index contributed by atoms with van der Waals surface area (Å²) in [5, 5.41) is 9.82. The third-order valence-electron chi connectivity index (χ3n) is 7.29. The number of alkyl halides is 1. The molecular weight excluding hydrogens is 518 g/mol.